The van der Waals surface area contributed by atoms with Crippen LogP contribution in [0.2, 0.25) is 23.2 Å². The van der Waals surface area contributed by atoms with Crippen molar-refractivity contribution in [1.29, 1.82) is 0 Å². The molecule has 3 aromatic carbocycles. The summed E-state index contributed by atoms with van der Waals surface area (Å²) in [4.78, 5) is 0. The third-order valence-electron chi connectivity index (χ3n) is 9.71. The highest BCUT2D eigenvalue weighted by Crippen LogP contribution is 2.44. The average Bonchev–Trinajstić information content (AvgIpc) is 2.95. The number of rotatable bonds is 8. The van der Waals surface area contributed by atoms with Crippen LogP contribution in [0.4, 0.5) is 4.39 Å². The highest BCUT2D eigenvalue weighted by atomic mass is 35.5. The Bertz CT molecular complexity index is 1130. The van der Waals surface area contributed by atoms with Gasteiger partial charge in [0.15, 0.2) is 0 Å². The molecule has 37 heavy (non-hydrogen) atoms. The van der Waals surface area contributed by atoms with Gasteiger partial charge in [-0.25, -0.2) is 4.39 Å². The molecule has 0 aromatic heterocycles. The summed E-state index contributed by atoms with van der Waals surface area (Å²) in [6, 6.07) is 29.8. The van der Waals surface area contributed by atoms with E-state index < -0.39 is 8.07 Å². The molecule has 0 unspecified atom stereocenters. The van der Waals surface area contributed by atoms with Crippen LogP contribution in [0.15, 0.2) is 72.8 Å². The Hall–Kier alpha value is -1.90. The Balaban J connectivity index is 1.08. The molecule has 1 saturated heterocycles. The first-order chi connectivity index (χ1) is 18.1. The van der Waals surface area contributed by atoms with E-state index in [0.717, 1.165) is 35.3 Å². The van der Waals surface area contributed by atoms with Gasteiger partial charge in [0, 0.05) is 0 Å². The Labute approximate surface area is 229 Å². The highest BCUT2D eigenvalue weighted by molar-refractivity contribution is 6.92. The fourth-order valence-corrected chi connectivity index (χ4v) is 12.9. The Morgan fingerprint density at radius 3 is 2.08 bits per heavy atom. The molecule has 5 rings (SSSR count). The molecule has 2 aliphatic rings. The van der Waals surface area contributed by atoms with Gasteiger partial charge in [-0.05, 0) is 72.3 Å². The molecule has 3 heteroatoms. The van der Waals surface area contributed by atoms with Crippen LogP contribution in [0, 0.1) is 23.6 Å². The summed E-state index contributed by atoms with van der Waals surface area (Å²) in [7, 11) is -1.28. The number of hydrogen-bond donors (Lipinski definition) is 0. The van der Waals surface area contributed by atoms with Crippen molar-refractivity contribution in [3.05, 3.63) is 89.2 Å². The van der Waals surface area contributed by atoms with Gasteiger partial charge in [0.25, 0.3) is 0 Å². The van der Waals surface area contributed by atoms with Crippen molar-refractivity contribution in [3.8, 4) is 11.1 Å². The lowest BCUT2D eigenvalue weighted by Gasteiger charge is -2.43. The second-order valence-electron chi connectivity index (χ2n) is 11.9. The Morgan fingerprint density at radius 1 is 0.784 bits per heavy atom. The third kappa shape index (κ3) is 6.40. The zero-order valence-electron chi connectivity index (χ0n) is 22.4. The van der Waals surface area contributed by atoms with Crippen molar-refractivity contribution in [2.24, 2.45) is 17.8 Å². The van der Waals surface area contributed by atoms with Gasteiger partial charge >= 0.3 is 0 Å². The lowest BCUT2D eigenvalue weighted by Crippen LogP contribution is -2.50. The topological polar surface area (TPSA) is 0 Å². The third-order valence-corrected chi connectivity index (χ3v) is 15.5. The van der Waals surface area contributed by atoms with E-state index >= 15 is 0 Å². The van der Waals surface area contributed by atoms with Crippen LogP contribution in [0.25, 0.3) is 11.1 Å². The molecule has 0 N–H and O–H groups in total. The van der Waals surface area contributed by atoms with Gasteiger partial charge in [0.05, 0.1) is 13.1 Å². The van der Waals surface area contributed by atoms with Gasteiger partial charge in [-0.15, -0.1) is 0 Å². The number of hydrogen-bond acceptors (Lipinski definition) is 0. The predicted molar refractivity (Wildman–Crippen MR) is 160 cm³/mol. The van der Waals surface area contributed by atoms with E-state index in [1.54, 1.807) is 11.3 Å². The molecule has 0 amide bonds. The summed E-state index contributed by atoms with van der Waals surface area (Å²) in [6.07, 6.45) is 12.5. The molecule has 3 aromatic rings. The summed E-state index contributed by atoms with van der Waals surface area (Å²) < 4.78 is 13.8. The Morgan fingerprint density at radius 2 is 1.43 bits per heavy atom. The van der Waals surface area contributed by atoms with E-state index in [4.69, 9.17) is 11.6 Å². The number of halogens is 2. The zero-order valence-corrected chi connectivity index (χ0v) is 24.2. The van der Waals surface area contributed by atoms with Crippen LogP contribution in [0.1, 0.15) is 63.9 Å². The minimum Gasteiger partial charge on any atom is -0.205 e. The van der Waals surface area contributed by atoms with Crippen LogP contribution >= 0.6 is 11.6 Å². The highest BCUT2D eigenvalue weighted by Gasteiger charge is 2.40. The molecule has 2 fully saturated rings. The normalized spacial score (nSPS) is 26.2. The fourth-order valence-electron chi connectivity index (χ4n) is 7.48. The van der Waals surface area contributed by atoms with Gasteiger partial charge in [-0.1, -0.05) is 135 Å². The SMILES string of the molecule is CCC[Si]1(c2ccccc2)CCC(C2CCC(CCc3ccc(-c4ccc(Cl)c(F)c4)cc3)CC2)CC1. The molecule has 196 valence electrons. The smallest absolute Gasteiger partial charge is 0.142 e. The van der Waals surface area contributed by atoms with Crippen molar-refractivity contribution in [2.75, 3.05) is 0 Å². The molecular weight excluding hydrogens is 491 g/mol. The lowest BCUT2D eigenvalue weighted by molar-refractivity contribution is 0.186. The van der Waals surface area contributed by atoms with Gasteiger partial charge < -0.3 is 0 Å². The molecule has 0 spiro atoms. The zero-order chi connectivity index (χ0) is 25.7. The maximum Gasteiger partial charge on any atom is 0.142 e. The molecular formula is C34H42ClFSi. The van der Waals surface area contributed by atoms with Gasteiger partial charge in [-0.3, -0.25) is 0 Å². The minimum absolute atomic E-state index is 0.178. The summed E-state index contributed by atoms with van der Waals surface area (Å²) >= 11 is 5.83. The fraction of sp³-hybridized carbons (Fsp3) is 0.471. The first-order valence-corrected chi connectivity index (χ1v) is 17.7. The maximum absolute atomic E-state index is 13.8. The molecule has 0 nitrogen and oxygen atoms in total. The molecule has 1 aliphatic heterocycles. The second kappa shape index (κ2) is 12.3. The van der Waals surface area contributed by atoms with Crippen LogP contribution in [0.3, 0.4) is 0 Å². The Kier molecular flexibility index (Phi) is 8.88. The van der Waals surface area contributed by atoms with E-state index in [2.05, 4.69) is 61.5 Å². The molecule has 1 saturated carbocycles. The van der Waals surface area contributed by atoms with E-state index in [-0.39, 0.29) is 10.8 Å². The predicted octanol–water partition coefficient (Wildman–Crippen LogP) is 10.1. The maximum atomic E-state index is 13.8. The first-order valence-electron chi connectivity index (χ1n) is 14.7. The molecule has 1 heterocycles. The van der Waals surface area contributed by atoms with Gasteiger partial charge in [0.1, 0.15) is 5.82 Å². The summed E-state index contributed by atoms with van der Waals surface area (Å²) in [5, 5.41) is 1.91. The standard InChI is InChI=1S/C34H42ClFSi/c1-2-22-37(32-6-4-3-5-7-32)23-20-30(21-24-37)28-14-10-26(11-15-28)8-9-27-12-16-29(17-13-27)31-18-19-33(35)34(36)25-31/h3-7,12-13,16-19,25-26,28,30H,2,8-11,14-15,20-24H2,1H3. The van der Waals surface area contributed by atoms with Crippen molar-refractivity contribution in [1.82, 2.24) is 0 Å². The van der Waals surface area contributed by atoms with Crippen molar-refractivity contribution in [2.45, 2.75) is 82.8 Å². The lowest BCUT2D eigenvalue weighted by atomic mass is 9.73. The number of benzene rings is 3. The first kappa shape index (κ1) is 26.7. The van der Waals surface area contributed by atoms with Gasteiger partial charge in [0.2, 0.25) is 0 Å². The van der Waals surface area contributed by atoms with Crippen molar-refractivity contribution in [3.63, 3.8) is 0 Å². The summed E-state index contributed by atoms with van der Waals surface area (Å²) in [5.41, 5.74) is 3.32. The quantitative estimate of drug-likeness (QED) is 0.253. The molecule has 0 radical (unpaired) electrons. The van der Waals surface area contributed by atoms with Crippen LogP contribution < -0.4 is 5.19 Å². The molecule has 0 atom stereocenters. The van der Waals surface area contributed by atoms with Crippen LogP contribution in [0.5, 0.6) is 0 Å². The van der Waals surface area contributed by atoms with E-state index in [9.17, 15) is 4.39 Å². The minimum atomic E-state index is -1.28. The second-order valence-corrected chi connectivity index (χ2v) is 16.9. The van der Waals surface area contributed by atoms with E-state index in [0.29, 0.717) is 0 Å². The average molecular weight is 533 g/mol. The largest absolute Gasteiger partial charge is 0.205 e. The van der Waals surface area contributed by atoms with Crippen molar-refractivity contribution >= 4 is 24.9 Å². The van der Waals surface area contributed by atoms with E-state index in [1.165, 1.54) is 81.1 Å². The monoisotopic (exact) mass is 532 g/mol. The van der Waals surface area contributed by atoms with Crippen LogP contribution in [-0.2, 0) is 6.42 Å². The summed E-state index contributed by atoms with van der Waals surface area (Å²) in [5.74, 6) is 2.47. The van der Waals surface area contributed by atoms with Gasteiger partial charge in [-0.2, -0.15) is 0 Å². The van der Waals surface area contributed by atoms with Crippen LogP contribution in [-0.4, -0.2) is 8.07 Å². The summed E-state index contributed by atoms with van der Waals surface area (Å²) in [6.45, 7) is 2.39. The van der Waals surface area contributed by atoms with Crippen molar-refractivity contribution < 1.29 is 4.39 Å². The van der Waals surface area contributed by atoms with E-state index in [1.807, 2.05) is 6.07 Å². The molecule has 0 bridgehead atoms. The molecule has 1 aliphatic carbocycles. The number of aryl methyl sites for hydroxylation is 1.